The topological polar surface area (TPSA) is 80.7 Å². The molecule has 31 heavy (non-hydrogen) atoms. The van der Waals surface area contributed by atoms with Crippen LogP contribution < -0.4 is 10.4 Å². The maximum Gasteiger partial charge on any atom is 0.235 e. The molecule has 1 saturated heterocycles. The second kappa shape index (κ2) is 8.61. The third kappa shape index (κ3) is 4.24. The summed E-state index contributed by atoms with van der Waals surface area (Å²) in [4.78, 5) is 20.6. The van der Waals surface area contributed by atoms with Gasteiger partial charge in [0, 0.05) is 25.2 Å². The van der Waals surface area contributed by atoms with E-state index in [-0.39, 0.29) is 11.8 Å². The van der Waals surface area contributed by atoms with Crippen molar-refractivity contribution in [2.45, 2.75) is 57.9 Å². The van der Waals surface area contributed by atoms with Gasteiger partial charge < -0.3 is 4.90 Å². The predicted octanol–water partition coefficient (Wildman–Crippen LogP) is 3.02. The molecule has 162 valence electrons. The van der Waals surface area contributed by atoms with Crippen LogP contribution in [0.4, 0.5) is 5.82 Å². The van der Waals surface area contributed by atoms with Gasteiger partial charge in [-0.05, 0) is 62.4 Å². The second-order valence-corrected chi connectivity index (χ2v) is 8.78. The molecule has 4 heterocycles. The van der Waals surface area contributed by atoms with Crippen molar-refractivity contribution in [2.24, 2.45) is 10.9 Å². The quantitative estimate of drug-likeness (QED) is 0.652. The van der Waals surface area contributed by atoms with Crippen LogP contribution in [0.25, 0.3) is 5.65 Å². The number of fused-ring (bicyclic) bond motifs is 1. The number of piperidine rings is 1. The van der Waals surface area contributed by atoms with Crippen LogP contribution in [-0.4, -0.2) is 49.4 Å². The first kappa shape index (κ1) is 19.9. The molecule has 0 amide bonds. The average molecular weight is 420 g/mol. The fourth-order valence-electron chi connectivity index (χ4n) is 4.71. The number of aromatic nitrogens is 5. The first-order valence-electron chi connectivity index (χ1n) is 11.4. The number of nitrogens with zero attached hydrogens (tertiary/aromatic N) is 7. The van der Waals surface area contributed by atoms with Crippen LogP contribution in [0.5, 0.6) is 0 Å². The molecule has 5 rings (SSSR count). The van der Waals surface area contributed by atoms with Crippen molar-refractivity contribution in [1.29, 1.82) is 0 Å². The van der Waals surface area contributed by atoms with Gasteiger partial charge in [-0.15, -0.1) is 15.3 Å². The molecule has 1 saturated carbocycles. The molecule has 0 bridgehead atoms. The minimum Gasteiger partial charge on any atom is -0.355 e. The van der Waals surface area contributed by atoms with Crippen LogP contribution in [0.2, 0.25) is 0 Å². The summed E-state index contributed by atoms with van der Waals surface area (Å²) in [6.07, 6.45) is 11.2. The van der Waals surface area contributed by atoms with Crippen molar-refractivity contribution in [1.82, 2.24) is 24.4 Å². The molecular weight excluding hydrogens is 390 g/mol. The van der Waals surface area contributed by atoms with Gasteiger partial charge >= 0.3 is 0 Å². The minimum atomic E-state index is 0.00269. The lowest BCUT2D eigenvalue weighted by Gasteiger charge is -2.32. The van der Waals surface area contributed by atoms with Crippen molar-refractivity contribution >= 4 is 17.4 Å². The van der Waals surface area contributed by atoms with Crippen molar-refractivity contribution in [3.8, 4) is 0 Å². The Bertz CT molecular complexity index is 1130. The monoisotopic (exact) mass is 419 g/mol. The number of carbonyl (C=O) groups is 1. The van der Waals surface area contributed by atoms with E-state index in [1.165, 1.54) is 19.3 Å². The summed E-state index contributed by atoms with van der Waals surface area (Å²) in [6, 6.07) is 8.30. The average Bonchev–Trinajstić information content (AvgIpc) is 3.28. The third-order valence-corrected chi connectivity index (χ3v) is 6.53. The molecule has 0 N–H and O–H groups in total. The van der Waals surface area contributed by atoms with Gasteiger partial charge in [-0.25, -0.2) is 0 Å². The second-order valence-electron chi connectivity index (χ2n) is 8.78. The molecule has 8 heteroatoms. The number of aryl methyl sites for hydroxylation is 1. The van der Waals surface area contributed by atoms with Gasteiger partial charge in [0.15, 0.2) is 5.65 Å². The summed E-state index contributed by atoms with van der Waals surface area (Å²) in [7, 11) is 0. The highest BCUT2D eigenvalue weighted by molar-refractivity contribution is 5.81. The molecule has 2 aliphatic rings. The molecule has 0 radical (unpaired) electrons. The van der Waals surface area contributed by atoms with E-state index in [0.29, 0.717) is 6.04 Å². The number of pyridine rings is 1. The summed E-state index contributed by atoms with van der Waals surface area (Å²) >= 11 is 0. The number of anilines is 1. The molecule has 3 aromatic rings. The zero-order valence-electron chi connectivity index (χ0n) is 18.0. The molecule has 0 unspecified atom stereocenters. The summed E-state index contributed by atoms with van der Waals surface area (Å²) in [5.74, 6) is 1.06. The number of hydrogen-bond acceptors (Lipinski definition) is 6. The van der Waals surface area contributed by atoms with E-state index in [4.69, 9.17) is 4.99 Å². The highest BCUT2D eigenvalue weighted by atomic mass is 16.2. The van der Waals surface area contributed by atoms with Crippen LogP contribution in [0.15, 0.2) is 41.8 Å². The number of hydrogen-bond donors (Lipinski definition) is 0. The summed E-state index contributed by atoms with van der Waals surface area (Å²) in [5.41, 5.74) is 2.70. The molecule has 0 aromatic carbocycles. The third-order valence-electron chi connectivity index (χ3n) is 6.53. The Hall–Kier alpha value is -3.03. The first-order valence-corrected chi connectivity index (χ1v) is 11.4. The fourth-order valence-corrected chi connectivity index (χ4v) is 4.71. The smallest absolute Gasteiger partial charge is 0.235 e. The van der Waals surface area contributed by atoms with Gasteiger partial charge in [-0.3, -0.25) is 14.4 Å². The Morgan fingerprint density at radius 3 is 2.68 bits per heavy atom. The lowest BCUT2D eigenvalue weighted by atomic mass is 9.95. The molecule has 8 nitrogen and oxygen atoms in total. The first-order chi connectivity index (χ1) is 15.2. The lowest BCUT2D eigenvalue weighted by molar-refractivity contribution is 0.0806. The van der Waals surface area contributed by atoms with Gasteiger partial charge in [0.2, 0.25) is 5.91 Å². The Morgan fingerprint density at radius 2 is 1.87 bits per heavy atom. The van der Waals surface area contributed by atoms with Crippen LogP contribution in [0, 0.1) is 12.8 Å². The molecule has 0 atom stereocenters. The highest BCUT2D eigenvalue weighted by Gasteiger charge is 2.27. The Kier molecular flexibility index (Phi) is 5.53. The van der Waals surface area contributed by atoms with E-state index in [9.17, 15) is 4.79 Å². The van der Waals surface area contributed by atoms with Crippen molar-refractivity contribution in [3.63, 3.8) is 0 Å². The van der Waals surface area contributed by atoms with Crippen LogP contribution in [-0.2, 0) is 0 Å². The molecule has 2 fully saturated rings. The zero-order chi connectivity index (χ0) is 21.2. The highest BCUT2D eigenvalue weighted by Crippen LogP contribution is 2.23. The maximum absolute atomic E-state index is 13.4. The molecular formula is C23H29N7O. The summed E-state index contributed by atoms with van der Waals surface area (Å²) in [6.45, 7) is 3.67. The zero-order valence-corrected chi connectivity index (χ0v) is 18.0. The van der Waals surface area contributed by atoms with E-state index in [0.717, 1.165) is 61.3 Å². The van der Waals surface area contributed by atoms with E-state index in [2.05, 4.69) is 33.2 Å². The largest absolute Gasteiger partial charge is 0.355 e. The normalized spacial score (nSPS) is 19.3. The van der Waals surface area contributed by atoms with Gasteiger partial charge in [0.25, 0.3) is 0 Å². The molecule has 3 aromatic heterocycles. The number of carbonyl (C=O) groups excluding carboxylic acids is 1. The Labute approximate surface area is 181 Å². The molecule has 0 spiro atoms. The predicted molar refractivity (Wildman–Crippen MR) is 118 cm³/mol. The number of rotatable bonds is 3. The summed E-state index contributed by atoms with van der Waals surface area (Å²) in [5, 5.41) is 12.5. The minimum absolute atomic E-state index is 0.00269. The van der Waals surface area contributed by atoms with Crippen LogP contribution in [0.1, 0.15) is 55.3 Å². The standard InChI is InChI=1S/C23H29N7O/c1-17-9-14-29(22(15-17)25-19-5-3-2-4-6-19)23(31)18-10-12-28(13-11-18)21-8-7-20-26-24-16-30(20)27-21/h7-9,14-16,18-19H,2-6,10-13H2,1H3. The molecule has 1 aliphatic carbocycles. The van der Waals surface area contributed by atoms with E-state index in [1.807, 2.05) is 24.4 Å². The van der Waals surface area contributed by atoms with Crippen molar-refractivity contribution in [3.05, 3.63) is 47.8 Å². The van der Waals surface area contributed by atoms with Crippen LogP contribution in [0.3, 0.4) is 0 Å². The van der Waals surface area contributed by atoms with Gasteiger partial charge in [-0.2, -0.15) is 4.52 Å². The fraction of sp³-hybridized carbons (Fsp3) is 0.522. The Morgan fingerprint density at radius 1 is 1.06 bits per heavy atom. The van der Waals surface area contributed by atoms with Gasteiger partial charge in [0.05, 0.1) is 6.04 Å². The van der Waals surface area contributed by atoms with E-state index < -0.39 is 0 Å². The van der Waals surface area contributed by atoms with Crippen molar-refractivity contribution < 1.29 is 4.79 Å². The maximum atomic E-state index is 13.4. The van der Waals surface area contributed by atoms with E-state index >= 15 is 0 Å². The van der Waals surface area contributed by atoms with Crippen LogP contribution >= 0.6 is 0 Å². The van der Waals surface area contributed by atoms with E-state index in [1.54, 1.807) is 15.4 Å². The van der Waals surface area contributed by atoms with Crippen molar-refractivity contribution in [2.75, 3.05) is 18.0 Å². The molecule has 1 aliphatic heterocycles. The summed E-state index contributed by atoms with van der Waals surface area (Å²) < 4.78 is 3.48. The Balaban J connectivity index is 1.31. The SMILES string of the molecule is Cc1ccn(C(=O)C2CCN(c3ccc4nncn4n3)CC2)c(=NC2CCCCC2)c1. The lowest BCUT2D eigenvalue weighted by Crippen LogP contribution is -2.41. The van der Waals surface area contributed by atoms with Gasteiger partial charge in [0.1, 0.15) is 17.6 Å². The van der Waals surface area contributed by atoms with Gasteiger partial charge in [-0.1, -0.05) is 19.3 Å².